The highest BCUT2D eigenvalue weighted by Crippen LogP contribution is 2.14. The largest absolute Gasteiger partial charge is 0.294 e. The molecule has 0 aromatic heterocycles. The standard InChI is InChI=1S/C15H14O/c16-15(14-9-5-2-6-10-14)12-11-13-7-3-1-4-8-13/h1-9,11-12,14H,10H2/b12-11+. The van der Waals surface area contributed by atoms with Crippen LogP contribution in [-0.2, 0) is 4.79 Å². The second-order valence-corrected chi connectivity index (χ2v) is 3.80. The first kappa shape index (κ1) is 10.6. The molecule has 0 saturated heterocycles. The molecule has 1 atom stereocenters. The van der Waals surface area contributed by atoms with Crippen molar-refractivity contribution >= 4 is 11.9 Å². The molecule has 0 bridgehead atoms. The fourth-order valence-electron chi connectivity index (χ4n) is 1.66. The second-order valence-electron chi connectivity index (χ2n) is 3.80. The van der Waals surface area contributed by atoms with Crippen molar-refractivity contribution in [3.63, 3.8) is 0 Å². The van der Waals surface area contributed by atoms with E-state index in [4.69, 9.17) is 0 Å². The molecule has 1 unspecified atom stereocenters. The van der Waals surface area contributed by atoms with Gasteiger partial charge in [0.1, 0.15) is 0 Å². The third kappa shape index (κ3) is 2.80. The fourth-order valence-corrected chi connectivity index (χ4v) is 1.66. The number of carbonyl (C=O) groups is 1. The highest BCUT2D eigenvalue weighted by Gasteiger charge is 2.11. The maximum absolute atomic E-state index is 11.8. The van der Waals surface area contributed by atoms with Gasteiger partial charge in [-0.1, -0.05) is 60.7 Å². The lowest BCUT2D eigenvalue weighted by atomic mass is 9.95. The highest BCUT2D eigenvalue weighted by atomic mass is 16.1. The molecule has 1 aliphatic rings. The Balaban J connectivity index is 2.00. The Morgan fingerprint density at radius 1 is 1.19 bits per heavy atom. The van der Waals surface area contributed by atoms with E-state index in [1.807, 2.05) is 60.7 Å². The predicted octanol–water partition coefficient (Wildman–Crippen LogP) is 3.40. The molecule has 0 N–H and O–H groups in total. The number of hydrogen-bond acceptors (Lipinski definition) is 1. The third-order valence-corrected chi connectivity index (χ3v) is 2.59. The van der Waals surface area contributed by atoms with Crippen molar-refractivity contribution in [1.29, 1.82) is 0 Å². The molecule has 1 aliphatic carbocycles. The lowest BCUT2D eigenvalue weighted by Gasteiger charge is -2.08. The first-order valence-corrected chi connectivity index (χ1v) is 5.46. The van der Waals surface area contributed by atoms with E-state index in [1.165, 1.54) is 0 Å². The van der Waals surface area contributed by atoms with Crippen LogP contribution in [0, 0.1) is 5.92 Å². The molecule has 0 radical (unpaired) electrons. The van der Waals surface area contributed by atoms with Gasteiger partial charge < -0.3 is 0 Å². The average molecular weight is 210 g/mol. The number of ketones is 1. The topological polar surface area (TPSA) is 17.1 Å². The summed E-state index contributed by atoms with van der Waals surface area (Å²) in [7, 11) is 0. The number of hydrogen-bond donors (Lipinski definition) is 0. The van der Waals surface area contributed by atoms with Gasteiger partial charge in [-0.3, -0.25) is 4.79 Å². The Kier molecular flexibility index (Phi) is 3.50. The molecule has 0 aliphatic heterocycles. The second kappa shape index (κ2) is 5.26. The number of benzene rings is 1. The van der Waals surface area contributed by atoms with E-state index >= 15 is 0 Å². The molecule has 1 aromatic carbocycles. The summed E-state index contributed by atoms with van der Waals surface area (Å²) in [5.41, 5.74) is 1.06. The summed E-state index contributed by atoms with van der Waals surface area (Å²) >= 11 is 0. The summed E-state index contributed by atoms with van der Waals surface area (Å²) in [6.45, 7) is 0. The van der Waals surface area contributed by atoms with Crippen LogP contribution >= 0.6 is 0 Å². The van der Waals surface area contributed by atoms with Crippen LogP contribution in [0.4, 0.5) is 0 Å². The number of carbonyl (C=O) groups excluding carboxylic acids is 1. The molecule has 0 fully saturated rings. The maximum atomic E-state index is 11.8. The quantitative estimate of drug-likeness (QED) is 0.699. The maximum Gasteiger partial charge on any atom is 0.162 e. The van der Waals surface area contributed by atoms with Crippen LogP contribution in [0.2, 0.25) is 0 Å². The summed E-state index contributed by atoms with van der Waals surface area (Å²) in [5.74, 6) is 0.189. The monoisotopic (exact) mass is 210 g/mol. The molecule has 0 saturated carbocycles. The van der Waals surface area contributed by atoms with Crippen molar-refractivity contribution in [2.24, 2.45) is 5.92 Å². The minimum Gasteiger partial charge on any atom is -0.294 e. The minimum atomic E-state index is 0.0185. The first-order valence-electron chi connectivity index (χ1n) is 5.46. The van der Waals surface area contributed by atoms with E-state index in [1.54, 1.807) is 6.08 Å². The van der Waals surface area contributed by atoms with Crippen molar-refractivity contribution in [2.45, 2.75) is 6.42 Å². The van der Waals surface area contributed by atoms with Crippen molar-refractivity contribution < 1.29 is 4.79 Å². The molecule has 1 heteroatoms. The van der Waals surface area contributed by atoms with Crippen LogP contribution in [0.5, 0.6) is 0 Å². The Morgan fingerprint density at radius 3 is 2.69 bits per heavy atom. The van der Waals surface area contributed by atoms with E-state index in [-0.39, 0.29) is 11.7 Å². The first-order chi connectivity index (χ1) is 7.86. The third-order valence-electron chi connectivity index (χ3n) is 2.59. The van der Waals surface area contributed by atoms with E-state index in [9.17, 15) is 4.79 Å². The predicted molar refractivity (Wildman–Crippen MR) is 66.9 cm³/mol. The van der Waals surface area contributed by atoms with Crippen LogP contribution in [0.3, 0.4) is 0 Å². The zero-order chi connectivity index (χ0) is 11.2. The molecule has 1 aromatic rings. The van der Waals surface area contributed by atoms with Crippen LogP contribution in [-0.4, -0.2) is 5.78 Å². The molecule has 2 rings (SSSR count). The molecular formula is C15H14O. The van der Waals surface area contributed by atoms with Gasteiger partial charge in [0.2, 0.25) is 0 Å². The van der Waals surface area contributed by atoms with Crippen LogP contribution in [0.25, 0.3) is 6.08 Å². The molecule has 0 spiro atoms. The Labute approximate surface area is 95.8 Å². The van der Waals surface area contributed by atoms with Gasteiger partial charge in [-0.15, -0.1) is 0 Å². The molecule has 16 heavy (non-hydrogen) atoms. The van der Waals surface area contributed by atoms with Crippen molar-refractivity contribution in [3.8, 4) is 0 Å². The summed E-state index contributed by atoms with van der Waals surface area (Å²) in [6.07, 6.45) is 12.2. The molecule has 0 heterocycles. The van der Waals surface area contributed by atoms with E-state index < -0.39 is 0 Å². The van der Waals surface area contributed by atoms with Crippen LogP contribution in [0.1, 0.15) is 12.0 Å². The fraction of sp³-hybridized carbons (Fsp3) is 0.133. The SMILES string of the molecule is O=C(/C=C/c1ccccc1)C1C=CC=CC1. The molecule has 80 valence electrons. The highest BCUT2D eigenvalue weighted by molar-refractivity contribution is 5.96. The van der Waals surface area contributed by atoms with E-state index in [2.05, 4.69) is 0 Å². The Morgan fingerprint density at radius 2 is 2.00 bits per heavy atom. The van der Waals surface area contributed by atoms with E-state index in [0.717, 1.165) is 12.0 Å². The molecule has 0 amide bonds. The summed E-state index contributed by atoms with van der Waals surface area (Å²) in [4.78, 5) is 11.8. The van der Waals surface area contributed by atoms with Crippen molar-refractivity contribution in [1.82, 2.24) is 0 Å². The van der Waals surface area contributed by atoms with Gasteiger partial charge in [-0.25, -0.2) is 0 Å². The van der Waals surface area contributed by atoms with Crippen molar-refractivity contribution in [2.75, 3.05) is 0 Å². The molecule has 1 nitrogen and oxygen atoms in total. The zero-order valence-electron chi connectivity index (χ0n) is 9.04. The minimum absolute atomic E-state index is 0.0185. The zero-order valence-corrected chi connectivity index (χ0v) is 9.04. The lowest BCUT2D eigenvalue weighted by Crippen LogP contribution is -2.09. The van der Waals surface area contributed by atoms with Gasteiger partial charge >= 0.3 is 0 Å². The van der Waals surface area contributed by atoms with Gasteiger partial charge in [-0.05, 0) is 18.1 Å². The molecular weight excluding hydrogens is 196 g/mol. The van der Waals surface area contributed by atoms with Gasteiger partial charge in [0.25, 0.3) is 0 Å². The Hall–Kier alpha value is -1.89. The normalized spacial score (nSPS) is 19.1. The van der Waals surface area contributed by atoms with Gasteiger partial charge in [0.15, 0.2) is 5.78 Å². The smallest absolute Gasteiger partial charge is 0.162 e. The van der Waals surface area contributed by atoms with Gasteiger partial charge in [-0.2, -0.15) is 0 Å². The number of allylic oxidation sites excluding steroid dienone is 5. The summed E-state index contributed by atoms with van der Waals surface area (Å²) in [6, 6.07) is 9.87. The van der Waals surface area contributed by atoms with Crippen molar-refractivity contribution in [3.05, 3.63) is 66.3 Å². The van der Waals surface area contributed by atoms with Crippen LogP contribution < -0.4 is 0 Å². The summed E-state index contributed by atoms with van der Waals surface area (Å²) in [5, 5.41) is 0. The van der Waals surface area contributed by atoms with E-state index in [0.29, 0.717) is 0 Å². The van der Waals surface area contributed by atoms with Gasteiger partial charge in [0.05, 0.1) is 0 Å². The average Bonchev–Trinajstić information content (AvgIpc) is 2.38. The Bertz CT molecular complexity index is 438. The summed E-state index contributed by atoms with van der Waals surface area (Å²) < 4.78 is 0. The van der Waals surface area contributed by atoms with Gasteiger partial charge in [0, 0.05) is 5.92 Å². The number of rotatable bonds is 3. The lowest BCUT2D eigenvalue weighted by molar-refractivity contribution is -0.116. The van der Waals surface area contributed by atoms with Crippen LogP contribution in [0.15, 0.2) is 60.7 Å².